The van der Waals surface area contributed by atoms with Crippen LogP contribution in [0.5, 0.6) is 11.5 Å². The van der Waals surface area contributed by atoms with Crippen molar-refractivity contribution in [3.8, 4) is 11.5 Å². The molecule has 7 heteroatoms. The van der Waals surface area contributed by atoms with Gasteiger partial charge in [-0.15, -0.1) is 0 Å². The first-order valence-electron chi connectivity index (χ1n) is 9.54. The molecule has 0 bridgehead atoms. The molecular weight excluding hydrogens is 384 g/mol. The number of carbonyl (C=O) groups excluding carboxylic acids is 1. The third kappa shape index (κ3) is 2.95. The lowest BCUT2D eigenvalue weighted by Gasteiger charge is -2.40. The number of amides is 1. The number of carboxylic acid groups (broad SMARTS) is 1. The van der Waals surface area contributed by atoms with E-state index < -0.39 is 17.9 Å². The molecule has 2 atom stereocenters. The SMILES string of the molecule is O=C(O)[C@H]1c2ccccc2C(=O)N(Cc2ccc3c(c2)OCO3)[C@@H]1c1cccnc1. The molecule has 2 aromatic carbocycles. The van der Waals surface area contributed by atoms with Crippen molar-refractivity contribution in [2.24, 2.45) is 0 Å². The van der Waals surface area contributed by atoms with Crippen LogP contribution >= 0.6 is 0 Å². The number of hydrogen-bond acceptors (Lipinski definition) is 5. The van der Waals surface area contributed by atoms with Gasteiger partial charge in [0.15, 0.2) is 11.5 Å². The third-order valence-corrected chi connectivity index (χ3v) is 5.52. The summed E-state index contributed by atoms with van der Waals surface area (Å²) in [6.45, 7) is 0.390. The van der Waals surface area contributed by atoms with Crippen LogP contribution in [0.4, 0.5) is 0 Å². The number of aliphatic carboxylic acids is 1. The summed E-state index contributed by atoms with van der Waals surface area (Å²) in [4.78, 5) is 31.6. The lowest BCUT2D eigenvalue weighted by Crippen LogP contribution is -2.44. The predicted octanol–water partition coefficient (Wildman–Crippen LogP) is 3.38. The Morgan fingerprint density at radius 1 is 1.10 bits per heavy atom. The lowest BCUT2D eigenvalue weighted by atomic mass is 9.80. The van der Waals surface area contributed by atoms with E-state index in [2.05, 4.69) is 4.98 Å². The molecule has 2 aliphatic heterocycles. The highest BCUT2D eigenvalue weighted by molar-refractivity contribution is 6.00. The van der Waals surface area contributed by atoms with Crippen molar-refractivity contribution in [2.45, 2.75) is 18.5 Å². The summed E-state index contributed by atoms with van der Waals surface area (Å²) in [5, 5.41) is 10.1. The maximum Gasteiger partial charge on any atom is 0.313 e. The van der Waals surface area contributed by atoms with Gasteiger partial charge in [0.05, 0.1) is 6.04 Å². The van der Waals surface area contributed by atoms with Crippen LogP contribution in [-0.2, 0) is 11.3 Å². The van der Waals surface area contributed by atoms with Crippen LogP contribution in [-0.4, -0.2) is 33.7 Å². The maximum atomic E-state index is 13.5. The first-order chi connectivity index (χ1) is 14.6. The fraction of sp³-hybridized carbons (Fsp3) is 0.174. The van der Waals surface area contributed by atoms with Crippen molar-refractivity contribution < 1.29 is 24.2 Å². The van der Waals surface area contributed by atoms with Crippen LogP contribution in [0.15, 0.2) is 67.0 Å². The number of nitrogens with zero attached hydrogens (tertiary/aromatic N) is 2. The van der Waals surface area contributed by atoms with Gasteiger partial charge < -0.3 is 19.5 Å². The fourth-order valence-corrected chi connectivity index (χ4v) is 4.19. The normalized spacial score (nSPS) is 19.5. The summed E-state index contributed by atoms with van der Waals surface area (Å²) >= 11 is 0. The van der Waals surface area contributed by atoms with Crippen molar-refractivity contribution in [3.63, 3.8) is 0 Å². The number of aromatic nitrogens is 1. The zero-order chi connectivity index (χ0) is 20.7. The second-order valence-electron chi connectivity index (χ2n) is 7.26. The zero-order valence-electron chi connectivity index (χ0n) is 15.9. The Morgan fingerprint density at radius 2 is 1.93 bits per heavy atom. The van der Waals surface area contributed by atoms with E-state index in [1.54, 1.807) is 53.7 Å². The Bertz CT molecular complexity index is 1130. The molecule has 3 aromatic rings. The highest BCUT2D eigenvalue weighted by atomic mass is 16.7. The minimum Gasteiger partial charge on any atom is -0.481 e. The van der Waals surface area contributed by atoms with Crippen LogP contribution in [0.3, 0.4) is 0 Å². The monoisotopic (exact) mass is 402 g/mol. The minimum absolute atomic E-state index is 0.161. The van der Waals surface area contributed by atoms with E-state index in [1.165, 1.54) is 0 Å². The van der Waals surface area contributed by atoms with Crippen LogP contribution < -0.4 is 9.47 Å². The topological polar surface area (TPSA) is 89.0 Å². The minimum atomic E-state index is -0.987. The number of rotatable bonds is 4. The Labute approximate surface area is 172 Å². The first-order valence-corrected chi connectivity index (χ1v) is 9.54. The molecule has 1 aromatic heterocycles. The van der Waals surface area contributed by atoms with E-state index in [4.69, 9.17) is 9.47 Å². The molecule has 1 N–H and O–H groups in total. The van der Waals surface area contributed by atoms with Gasteiger partial charge in [0.2, 0.25) is 6.79 Å². The molecule has 2 aliphatic rings. The fourth-order valence-electron chi connectivity index (χ4n) is 4.19. The molecule has 0 aliphatic carbocycles. The summed E-state index contributed by atoms with van der Waals surface area (Å²) in [6.07, 6.45) is 3.24. The van der Waals surface area contributed by atoms with Crippen LogP contribution in [0.1, 0.15) is 39.0 Å². The summed E-state index contributed by atoms with van der Waals surface area (Å²) in [5.41, 5.74) is 2.43. The van der Waals surface area contributed by atoms with Gasteiger partial charge in [-0.25, -0.2) is 0 Å². The molecule has 150 valence electrons. The van der Waals surface area contributed by atoms with Crippen LogP contribution in [0.25, 0.3) is 0 Å². The molecule has 0 fully saturated rings. The molecule has 5 rings (SSSR count). The van der Waals surface area contributed by atoms with E-state index in [1.807, 2.05) is 18.2 Å². The summed E-state index contributed by atoms with van der Waals surface area (Å²) < 4.78 is 10.8. The van der Waals surface area contributed by atoms with Crippen LogP contribution in [0, 0.1) is 0 Å². The lowest BCUT2D eigenvalue weighted by molar-refractivity contribution is -0.140. The molecule has 30 heavy (non-hydrogen) atoms. The van der Waals surface area contributed by atoms with Crippen molar-refractivity contribution in [2.75, 3.05) is 6.79 Å². The third-order valence-electron chi connectivity index (χ3n) is 5.52. The molecular formula is C23H18N2O5. The maximum absolute atomic E-state index is 13.5. The van der Waals surface area contributed by atoms with Gasteiger partial charge in [-0.1, -0.05) is 30.3 Å². The zero-order valence-corrected chi connectivity index (χ0v) is 15.9. The van der Waals surface area contributed by atoms with E-state index in [0.717, 1.165) is 5.56 Å². The van der Waals surface area contributed by atoms with Crippen molar-refractivity contribution in [3.05, 3.63) is 89.2 Å². The molecule has 7 nitrogen and oxygen atoms in total. The second kappa shape index (κ2) is 7.18. The Balaban J connectivity index is 1.63. The van der Waals surface area contributed by atoms with Crippen LogP contribution in [0.2, 0.25) is 0 Å². The van der Waals surface area contributed by atoms with Gasteiger partial charge in [0.1, 0.15) is 5.92 Å². The van der Waals surface area contributed by atoms with E-state index in [0.29, 0.717) is 28.2 Å². The van der Waals surface area contributed by atoms with Gasteiger partial charge >= 0.3 is 5.97 Å². The molecule has 1 amide bonds. The van der Waals surface area contributed by atoms with Gasteiger partial charge in [-0.3, -0.25) is 14.6 Å². The Hall–Kier alpha value is -3.87. The Kier molecular flexibility index (Phi) is 4.35. The van der Waals surface area contributed by atoms with E-state index in [9.17, 15) is 14.7 Å². The number of ether oxygens (including phenoxy) is 2. The highest BCUT2D eigenvalue weighted by Crippen LogP contribution is 2.44. The smallest absolute Gasteiger partial charge is 0.313 e. The van der Waals surface area contributed by atoms with Crippen molar-refractivity contribution >= 4 is 11.9 Å². The van der Waals surface area contributed by atoms with Gasteiger partial charge in [-0.05, 0) is 41.0 Å². The molecule has 0 saturated carbocycles. The highest BCUT2D eigenvalue weighted by Gasteiger charge is 2.44. The quantitative estimate of drug-likeness (QED) is 0.720. The molecule has 0 unspecified atom stereocenters. The van der Waals surface area contributed by atoms with Crippen molar-refractivity contribution in [1.29, 1.82) is 0 Å². The number of benzene rings is 2. The van der Waals surface area contributed by atoms with Crippen molar-refractivity contribution in [1.82, 2.24) is 9.88 Å². The van der Waals surface area contributed by atoms with E-state index in [-0.39, 0.29) is 19.2 Å². The first kappa shape index (κ1) is 18.2. The predicted molar refractivity (Wildman–Crippen MR) is 106 cm³/mol. The summed E-state index contributed by atoms with van der Waals surface area (Å²) in [6, 6.07) is 15.3. The largest absolute Gasteiger partial charge is 0.481 e. The molecule has 0 radical (unpaired) electrons. The summed E-state index contributed by atoms with van der Waals surface area (Å²) in [5.74, 6) is -0.836. The average molecular weight is 402 g/mol. The standard InChI is InChI=1S/C23H18N2O5/c26-22-17-6-2-1-5-16(17)20(23(27)28)21(15-4-3-9-24-11-15)25(22)12-14-7-8-18-19(10-14)30-13-29-18/h1-11,20-21H,12-13H2,(H,27,28)/t20-,21+/m0/s1. The average Bonchev–Trinajstić information content (AvgIpc) is 3.24. The molecule has 0 spiro atoms. The summed E-state index contributed by atoms with van der Waals surface area (Å²) in [7, 11) is 0. The van der Waals surface area contributed by atoms with Gasteiger partial charge in [-0.2, -0.15) is 0 Å². The number of hydrogen-bond donors (Lipinski definition) is 1. The number of carboxylic acids is 1. The van der Waals surface area contributed by atoms with E-state index >= 15 is 0 Å². The number of carbonyl (C=O) groups is 2. The Morgan fingerprint density at radius 3 is 2.73 bits per heavy atom. The molecule has 3 heterocycles. The number of fused-ring (bicyclic) bond motifs is 2. The molecule has 0 saturated heterocycles. The second-order valence-corrected chi connectivity index (χ2v) is 7.26. The van der Waals surface area contributed by atoms with Gasteiger partial charge in [0, 0.05) is 24.5 Å². The van der Waals surface area contributed by atoms with Gasteiger partial charge in [0.25, 0.3) is 5.91 Å². The number of pyridine rings is 1.